The number of amides is 1. The van der Waals surface area contributed by atoms with Crippen LogP contribution in [0.1, 0.15) is 18.1 Å². The first-order chi connectivity index (χ1) is 13.6. The molecule has 0 aromatic heterocycles. The molecule has 0 spiro atoms. The topological polar surface area (TPSA) is 64.6 Å². The molecule has 0 aliphatic rings. The van der Waals surface area contributed by atoms with E-state index in [2.05, 4.69) is 21.2 Å². The summed E-state index contributed by atoms with van der Waals surface area (Å²) in [5.41, 5.74) is -0.814. The van der Waals surface area contributed by atoms with Crippen molar-refractivity contribution < 1.29 is 32.2 Å². The highest BCUT2D eigenvalue weighted by Gasteiger charge is 2.34. The molecule has 5 nitrogen and oxygen atoms in total. The Balaban J connectivity index is 2.03. The Morgan fingerprint density at radius 2 is 1.86 bits per heavy atom. The molecule has 29 heavy (non-hydrogen) atoms. The van der Waals surface area contributed by atoms with E-state index < -0.39 is 35.4 Å². The molecule has 2 aromatic carbocycles. The average Bonchev–Trinajstić information content (AvgIpc) is 2.66. The molecule has 1 amide bonds. The van der Waals surface area contributed by atoms with Gasteiger partial charge in [-0.15, -0.1) is 0 Å². The molecular formula is C20H17BrF3NO4. The third-order valence-corrected chi connectivity index (χ3v) is 4.24. The van der Waals surface area contributed by atoms with Crippen LogP contribution in [0.15, 0.2) is 53.0 Å². The number of ether oxygens (including phenoxy) is 2. The number of hydrogen-bond donors (Lipinski definition) is 1. The molecule has 0 fully saturated rings. The van der Waals surface area contributed by atoms with E-state index in [4.69, 9.17) is 9.47 Å². The van der Waals surface area contributed by atoms with Crippen LogP contribution >= 0.6 is 15.9 Å². The number of hydrogen-bond acceptors (Lipinski definition) is 4. The van der Waals surface area contributed by atoms with Crippen molar-refractivity contribution in [2.75, 3.05) is 12.4 Å². The zero-order valence-corrected chi connectivity index (χ0v) is 17.0. The lowest BCUT2D eigenvalue weighted by molar-refractivity contribution is -0.148. The summed E-state index contributed by atoms with van der Waals surface area (Å²) in [5.74, 6) is -1.20. The minimum absolute atomic E-state index is 0.415. The van der Waals surface area contributed by atoms with Gasteiger partial charge in [0.25, 0.3) is 5.91 Å². The highest BCUT2D eigenvalue weighted by molar-refractivity contribution is 9.10. The quantitative estimate of drug-likeness (QED) is 0.472. The van der Waals surface area contributed by atoms with Crippen LogP contribution < -0.4 is 10.1 Å². The second-order valence-corrected chi connectivity index (χ2v) is 6.75. The summed E-state index contributed by atoms with van der Waals surface area (Å²) in [6, 6.07) is 9.71. The zero-order valence-electron chi connectivity index (χ0n) is 15.4. The monoisotopic (exact) mass is 471 g/mol. The molecule has 0 aliphatic heterocycles. The first kappa shape index (κ1) is 22.5. The number of para-hydroxylation sites is 1. The van der Waals surface area contributed by atoms with Crippen LogP contribution in [0.5, 0.6) is 5.75 Å². The highest BCUT2D eigenvalue weighted by Crippen LogP contribution is 2.34. The van der Waals surface area contributed by atoms with Crippen molar-refractivity contribution in [3.63, 3.8) is 0 Å². The van der Waals surface area contributed by atoms with Crippen molar-refractivity contribution in [1.82, 2.24) is 0 Å². The van der Waals surface area contributed by atoms with Crippen molar-refractivity contribution in [2.24, 2.45) is 0 Å². The summed E-state index contributed by atoms with van der Waals surface area (Å²) in [6.45, 7) is 1.26. The van der Waals surface area contributed by atoms with Gasteiger partial charge in [0.15, 0.2) is 6.10 Å². The lowest BCUT2D eigenvalue weighted by atomic mass is 10.1. The van der Waals surface area contributed by atoms with E-state index in [9.17, 15) is 22.8 Å². The first-order valence-corrected chi connectivity index (χ1v) is 9.10. The number of anilines is 1. The van der Waals surface area contributed by atoms with Crippen LogP contribution in [-0.4, -0.2) is 25.1 Å². The first-order valence-electron chi connectivity index (χ1n) is 8.31. The molecule has 0 aliphatic carbocycles. The molecule has 2 rings (SSSR count). The molecule has 0 saturated carbocycles. The number of esters is 1. The molecule has 154 valence electrons. The smallest absolute Gasteiger partial charge is 0.418 e. The number of carbonyl (C=O) groups excluding carboxylic acids is 2. The molecule has 0 radical (unpaired) electrons. The fraction of sp³-hybridized carbons (Fsp3) is 0.200. The van der Waals surface area contributed by atoms with Crippen LogP contribution in [0, 0.1) is 0 Å². The Bertz CT molecular complexity index is 928. The van der Waals surface area contributed by atoms with Crippen molar-refractivity contribution in [2.45, 2.75) is 19.2 Å². The van der Waals surface area contributed by atoms with Gasteiger partial charge >= 0.3 is 12.1 Å². The van der Waals surface area contributed by atoms with E-state index >= 15 is 0 Å². The van der Waals surface area contributed by atoms with Crippen molar-refractivity contribution in [3.8, 4) is 5.75 Å². The maximum atomic E-state index is 13.0. The summed E-state index contributed by atoms with van der Waals surface area (Å²) in [5, 5.41) is 2.14. The van der Waals surface area contributed by atoms with Crippen molar-refractivity contribution in [3.05, 3.63) is 64.1 Å². The van der Waals surface area contributed by atoms with Gasteiger partial charge in [-0.05, 0) is 43.3 Å². The van der Waals surface area contributed by atoms with Gasteiger partial charge in [-0.25, -0.2) is 4.79 Å². The fourth-order valence-corrected chi connectivity index (χ4v) is 2.71. The number of halogens is 4. The lowest BCUT2D eigenvalue weighted by Crippen LogP contribution is -2.30. The Hall–Kier alpha value is -2.81. The minimum Gasteiger partial charge on any atom is -0.496 e. The molecule has 0 bridgehead atoms. The van der Waals surface area contributed by atoms with E-state index in [-0.39, 0.29) is 0 Å². The Morgan fingerprint density at radius 3 is 2.52 bits per heavy atom. The van der Waals surface area contributed by atoms with Gasteiger partial charge < -0.3 is 14.8 Å². The number of carbonyl (C=O) groups is 2. The molecule has 0 heterocycles. The van der Waals surface area contributed by atoms with Gasteiger partial charge in [-0.3, -0.25) is 4.79 Å². The SMILES string of the molecule is COc1ccc(Br)cc1/C=C/C(=O)OC(C)C(=O)Nc1ccccc1C(F)(F)F. The van der Waals surface area contributed by atoms with Gasteiger partial charge in [-0.1, -0.05) is 28.1 Å². The average molecular weight is 472 g/mol. The number of alkyl halides is 3. The standard InChI is InChI=1S/C20H17BrF3NO4/c1-12(19(27)25-16-6-4-3-5-15(16)20(22,23)24)29-18(26)10-7-13-11-14(21)8-9-17(13)28-2/h3-12H,1-2H3,(H,25,27)/b10-7+. The summed E-state index contributed by atoms with van der Waals surface area (Å²) in [7, 11) is 1.48. The van der Waals surface area contributed by atoms with Crippen LogP contribution in [0.4, 0.5) is 18.9 Å². The van der Waals surface area contributed by atoms with Crippen LogP contribution in [0.2, 0.25) is 0 Å². The van der Waals surface area contributed by atoms with E-state index in [1.807, 2.05) is 0 Å². The van der Waals surface area contributed by atoms with E-state index in [0.29, 0.717) is 11.3 Å². The Kier molecular flexibility index (Phi) is 7.44. The third kappa shape index (κ3) is 6.35. The van der Waals surface area contributed by atoms with Gasteiger partial charge in [0.05, 0.1) is 18.4 Å². The molecule has 1 unspecified atom stereocenters. The van der Waals surface area contributed by atoms with Gasteiger partial charge in [0, 0.05) is 16.1 Å². The van der Waals surface area contributed by atoms with Crippen LogP contribution in [0.25, 0.3) is 6.08 Å². The maximum Gasteiger partial charge on any atom is 0.418 e. The van der Waals surface area contributed by atoms with Crippen molar-refractivity contribution >= 4 is 39.6 Å². The van der Waals surface area contributed by atoms with Crippen molar-refractivity contribution in [1.29, 1.82) is 0 Å². The number of benzene rings is 2. The van der Waals surface area contributed by atoms with Crippen LogP contribution in [0.3, 0.4) is 0 Å². The second-order valence-electron chi connectivity index (χ2n) is 5.83. The van der Waals surface area contributed by atoms with Gasteiger partial charge in [0.1, 0.15) is 5.75 Å². The molecule has 2 aromatic rings. The fourth-order valence-electron chi connectivity index (χ4n) is 2.33. The predicted molar refractivity (Wildman–Crippen MR) is 105 cm³/mol. The molecule has 1 N–H and O–H groups in total. The Labute approximate surface area is 173 Å². The normalized spacial score (nSPS) is 12.5. The Morgan fingerprint density at radius 1 is 1.17 bits per heavy atom. The molecule has 0 saturated heterocycles. The summed E-state index contributed by atoms with van der Waals surface area (Å²) in [4.78, 5) is 24.1. The lowest BCUT2D eigenvalue weighted by Gasteiger charge is -2.16. The predicted octanol–water partition coefficient (Wildman–Crippen LogP) is 5.06. The largest absolute Gasteiger partial charge is 0.496 e. The van der Waals surface area contributed by atoms with Gasteiger partial charge in [-0.2, -0.15) is 13.2 Å². The second kappa shape index (κ2) is 9.60. The number of rotatable bonds is 6. The summed E-state index contributed by atoms with van der Waals surface area (Å²) >= 11 is 3.30. The van der Waals surface area contributed by atoms with E-state index in [1.54, 1.807) is 18.2 Å². The molecule has 9 heteroatoms. The maximum absolute atomic E-state index is 13.0. The number of nitrogens with one attached hydrogen (secondary N) is 1. The zero-order chi connectivity index (χ0) is 21.6. The van der Waals surface area contributed by atoms with Crippen LogP contribution in [-0.2, 0) is 20.5 Å². The van der Waals surface area contributed by atoms with E-state index in [1.165, 1.54) is 32.2 Å². The summed E-state index contributed by atoms with van der Waals surface area (Å²) < 4.78 is 49.9. The third-order valence-electron chi connectivity index (χ3n) is 3.74. The minimum atomic E-state index is -4.63. The number of methoxy groups -OCH3 is 1. The van der Waals surface area contributed by atoms with Gasteiger partial charge in [0.2, 0.25) is 0 Å². The van der Waals surface area contributed by atoms with E-state index in [0.717, 1.165) is 22.7 Å². The molecule has 1 atom stereocenters. The molecular weight excluding hydrogens is 455 g/mol. The summed E-state index contributed by atoms with van der Waals surface area (Å²) in [6.07, 6.45) is -3.40. The highest BCUT2D eigenvalue weighted by atomic mass is 79.9.